The minimum Gasteiger partial charge on any atom is -0.370 e. The number of rotatable bonds is 14. The molecule has 23 heteroatoms. The van der Waals surface area contributed by atoms with Gasteiger partial charge in [-0.1, -0.05) is 0 Å². The number of hydrogen-bond donors (Lipinski definition) is 0. The van der Waals surface area contributed by atoms with E-state index in [4.69, 9.17) is 0 Å². The predicted molar refractivity (Wildman–Crippen MR) is 86.3 cm³/mol. The predicted octanol–water partition coefficient (Wildman–Crippen LogP) is 7.22. The molecule has 0 aromatic rings. The minimum atomic E-state index is -8.99. The van der Waals surface area contributed by atoms with E-state index in [1.807, 2.05) is 0 Å². The average molecular weight is 632 g/mol. The molecule has 0 bridgehead atoms. The Labute approximate surface area is 200 Å². The standard InChI is InChI=1S/C15H15F19O3Si/c1-4-35-38(36-5-2,37-6-3)15(33,34)13(28,29)11(24,25)9(20,21)7(16,17)8(18,19)10(22,23)12(26,27)14(30,31)32/h4-6H2,1-3H3. The summed E-state index contributed by atoms with van der Waals surface area (Å²) < 4.78 is 269. The second-order valence-electron chi connectivity index (χ2n) is 6.95. The van der Waals surface area contributed by atoms with Gasteiger partial charge in [0.05, 0.1) is 0 Å². The molecule has 0 radical (unpaired) electrons. The van der Waals surface area contributed by atoms with Crippen molar-refractivity contribution in [3.05, 3.63) is 0 Å². The second kappa shape index (κ2) is 10.3. The molecule has 0 aliphatic carbocycles. The summed E-state index contributed by atoms with van der Waals surface area (Å²) in [6.45, 7) is -1.61. The lowest BCUT2D eigenvalue weighted by Gasteiger charge is -2.45. The van der Waals surface area contributed by atoms with Crippen molar-refractivity contribution < 1.29 is 96.7 Å². The van der Waals surface area contributed by atoms with Crippen molar-refractivity contribution in [2.24, 2.45) is 0 Å². The molecule has 0 saturated heterocycles. The zero-order valence-electron chi connectivity index (χ0n) is 18.5. The van der Waals surface area contributed by atoms with Gasteiger partial charge in [-0.3, -0.25) is 0 Å². The van der Waals surface area contributed by atoms with Crippen LogP contribution in [0.1, 0.15) is 20.8 Å². The van der Waals surface area contributed by atoms with Crippen molar-refractivity contribution in [2.45, 2.75) is 74.0 Å². The molecule has 3 nitrogen and oxygen atoms in total. The van der Waals surface area contributed by atoms with Crippen molar-refractivity contribution in [1.82, 2.24) is 0 Å². The molecule has 0 N–H and O–H groups in total. The molecular formula is C15H15F19O3Si. The molecule has 0 aliphatic rings. The van der Waals surface area contributed by atoms with Crippen LogP contribution >= 0.6 is 0 Å². The summed E-state index contributed by atoms with van der Waals surface area (Å²) in [6.07, 6.45) is -7.93. The van der Waals surface area contributed by atoms with Gasteiger partial charge in [0.1, 0.15) is 0 Å². The van der Waals surface area contributed by atoms with Crippen LogP contribution in [0.2, 0.25) is 0 Å². The van der Waals surface area contributed by atoms with Gasteiger partial charge in [0.25, 0.3) is 0 Å². The van der Waals surface area contributed by atoms with E-state index in [2.05, 4.69) is 13.3 Å². The van der Waals surface area contributed by atoms with Gasteiger partial charge in [-0.25, -0.2) is 0 Å². The van der Waals surface area contributed by atoms with Gasteiger partial charge in [-0.05, 0) is 20.8 Å². The number of halogens is 19. The van der Waals surface area contributed by atoms with Crippen LogP contribution in [0, 0.1) is 0 Å². The highest BCUT2D eigenvalue weighted by Crippen LogP contribution is 2.65. The van der Waals surface area contributed by atoms with Gasteiger partial charge >= 0.3 is 62.0 Å². The SMILES string of the molecule is CCO[Si](OCC)(OCC)C(F)(F)C(F)(F)C(F)(F)C(F)(F)C(F)(F)C(F)(F)C(F)(F)C(F)(F)C(F)(F)F. The van der Waals surface area contributed by atoms with Gasteiger partial charge in [-0.15, -0.1) is 0 Å². The maximum Gasteiger partial charge on any atom is 0.582 e. The second-order valence-corrected chi connectivity index (χ2v) is 9.55. The summed E-state index contributed by atoms with van der Waals surface area (Å²) in [5.74, 6) is -60.6. The maximum absolute atomic E-state index is 14.6. The van der Waals surface area contributed by atoms with E-state index in [9.17, 15) is 83.4 Å². The zero-order valence-corrected chi connectivity index (χ0v) is 19.5. The molecule has 0 aromatic carbocycles. The van der Waals surface area contributed by atoms with Crippen molar-refractivity contribution >= 4 is 8.80 Å². The molecule has 0 unspecified atom stereocenters. The van der Waals surface area contributed by atoms with Crippen LogP contribution in [0.4, 0.5) is 83.4 Å². The summed E-state index contributed by atoms with van der Waals surface area (Å²) in [7, 11) is -6.79. The van der Waals surface area contributed by atoms with Gasteiger partial charge in [0, 0.05) is 19.8 Å². The highest BCUT2D eigenvalue weighted by Gasteiger charge is 2.98. The third-order valence-electron chi connectivity index (χ3n) is 4.50. The number of hydrogen-bond acceptors (Lipinski definition) is 3. The van der Waals surface area contributed by atoms with Crippen LogP contribution in [-0.2, 0) is 13.3 Å². The first kappa shape index (κ1) is 36.8. The van der Waals surface area contributed by atoms with Crippen LogP contribution in [0.5, 0.6) is 0 Å². The van der Waals surface area contributed by atoms with Crippen LogP contribution in [0.25, 0.3) is 0 Å². The van der Waals surface area contributed by atoms with Gasteiger partial charge in [0.15, 0.2) is 0 Å². The Morgan fingerprint density at radius 3 is 0.789 bits per heavy atom. The Morgan fingerprint density at radius 1 is 0.368 bits per heavy atom. The molecule has 0 spiro atoms. The van der Waals surface area contributed by atoms with Crippen molar-refractivity contribution in [2.75, 3.05) is 19.8 Å². The topological polar surface area (TPSA) is 27.7 Å². The Kier molecular flexibility index (Phi) is 9.97. The normalized spacial score (nSPS) is 16.3. The van der Waals surface area contributed by atoms with Gasteiger partial charge in [-0.2, -0.15) is 83.4 Å². The molecule has 38 heavy (non-hydrogen) atoms. The first-order valence-corrected chi connectivity index (χ1v) is 11.2. The maximum atomic E-state index is 14.6. The largest absolute Gasteiger partial charge is 0.582 e. The molecule has 230 valence electrons. The molecule has 0 heterocycles. The summed E-state index contributed by atoms with van der Waals surface area (Å²) in [5.41, 5.74) is -6.99. The van der Waals surface area contributed by atoms with Crippen LogP contribution in [0.3, 0.4) is 0 Å². The van der Waals surface area contributed by atoms with E-state index in [0.29, 0.717) is 20.8 Å². The molecule has 0 saturated carbocycles. The van der Waals surface area contributed by atoms with E-state index >= 15 is 0 Å². The van der Waals surface area contributed by atoms with Crippen molar-refractivity contribution in [3.8, 4) is 0 Å². The monoisotopic (exact) mass is 632 g/mol. The van der Waals surface area contributed by atoms with Gasteiger partial charge in [0.2, 0.25) is 0 Å². The quantitative estimate of drug-likeness (QED) is 0.150. The number of alkyl halides is 19. The third-order valence-corrected chi connectivity index (χ3v) is 7.59. The minimum absolute atomic E-state index is 0.679. The summed E-state index contributed by atoms with van der Waals surface area (Å²) >= 11 is 0. The van der Waals surface area contributed by atoms with E-state index in [1.54, 1.807) is 0 Å². The Balaban J connectivity index is 7.25. The lowest BCUT2D eigenvalue weighted by atomic mass is 9.89. The Morgan fingerprint density at radius 2 is 0.579 bits per heavy atom. The molecule has 0 fully saturated rings. The fourth-order valence-corrected chi connectivity index (χ4v) is 5.00. The molecule has 0 aromatic heterocycles. The van der Waals surface area contributed by atoms with E-state index in [-0.39, 0.29) is 0 Å². The highest BCUT2D eigenvalue weighted by atomic mass is 28.4. The Hall–Kier alpha value is -1.23. The lowest BCUT2D eigenvalue weighted by molar-refractivity contribution is -0.467. The van der Waals surface area contributed by atoms with Gasteiger partial charge < -0.3 is 13.3 Å². The molecule has 0 amide bonds. The first-order chi connectivity index (χ1) is 16.4. The van der Waals surface area contributed by atoms with Crippen LogP contribution < -0.4 is 0 Å². The molecule has 0 atom stereocenters. The van der Waals surface area contributed by atoms with Crippen LogP contribution in [-0.4, -0.2) is 81.8 Å². The van der Waals surface area contributed by atoms with Crippen LogP contribution in [0.15, 0.2) is 0 Å². The first-order valence-electron chi connectivity index (χ1n) is 9.44. The van der Waals surface area contributed by atoms with E-state index in [1.165, 1.54) is 0 Å². The fraction of sp³-hybridized carbons (Fsp3) is 1.00. The summed E-state index contributed by atoms with van der Waals surface area (Å²) in [6, 6.07) is 0. The van der Waals surface area contributed by atoms with Crippen molar-refractivity contribution in [1.29, 1.82) is 0 Å². The molecular weight excluding hydrogens is 617 g/mol. The fourth-order valence-electron chi connectivity index (χ4n) is 2.52. The smallest absolute Gasteiger partial charge is 0.370 e. The molecule has 0 aliphatic heterocycles. The third kappa shape index (κ3) is 4.71. The zero-order chi connectivity index (χ0) is 31.2. The summed E-state index contributed by atoms with van der Waals surface area (Å²) in [5, 5.41) is 0. The van der Waals surface area contributed by atoms with Crippen molar-refractivity contribution in [3.63, 3.8) is 0 Å². The van der Waals surface area contributed by atoms with E-state index < -0.39 is 81.8 Å². The van der Waals surface area contributed by atoms with E-state index in [0.717, 1.165) is 0 Å². The Bertz CT molecular complexity index is 757. The highest BCUT2D eigenvalue weighted by molar-refractivity contribution is 6.63. The lowest BCUT2D eigenvalue weighted by Crippen LogP contribution is -2.79. The average Bonchev–Trinajstić information content (AvgIpc) is 2.72. The molecule has 0 rings (SSSR count). The summed E-state index contributed by atoms with van der Waals surface area (Å²) in [4.78, 5) is 0.